The van der Waals surface area contributed by atoms with Gasteiger partial charge in [0, 0.05) is 29.2 Å². The summed E-state index contributed by atoms with van der Waals surface area (Å²) in [5.41, 5.74) is 2.74. The lowest BCUT2D eigenvalue weighted by atomic mass is 10.1. The average Bonchev–Trinajstić information content (AvgIpc) is 3.29. The van der Waals surface area contributed by atoms with Crippen molar-refractivity contribution in [1.29, 1.82) is 0 Å². The predicted octanol–water partition coefficient (Wildman–Crippen LogP) is 2.07. The van der Waals surface area contributed by atoms with Crippen LogP contribution >= 0.6 is 22.7 Å². The number of nitrogens with zero attached hydrogens (tertiary/aromatic N) is 5. The summed E-state index contributed by atoms with van der Waals surface area (Å²) < 4.78 is 1.65. The van der Waals surface area contributed by atoms with Crippen molar-refractivity contribution < 1.29 is 0 Å². The summed E-state index contributed by atoms with van der Waals surface area (Å²) in [4.78, 5) is 32.5. The van der Waals surface area contributed by atoms with E-state index in [1.54, 1.807) is 40.8 Å². The standard InChI is InChI=1S/C17H14N6OS2/c24-17-14-11-1-2-18-6-13(11)26-16(14)21-9-23(17)7-10-8-25-15(22-10)12-5-19-3-4-20-12/h3-5,8-9,18H,1-2,6-7H2. The van der Waals surface area contributed by atoms with Gasteiger partial charge in [0.25, 0.3) is 5.56 Å². The number of thiazole rings is 1. The second-order valence-electron chi connectivity index (χ2n) is 6.02. The topological polar surface area (TPSA) is 85.6 Å². The average molecular weight is 382 g/mol. The van der Waals surface area contributed by atoms with E-state index in [0.717, 1.165) is 51.7 Å². The fourth-order valence-corrected chi connectivity index (χ4v) is 5.06. The van der Waals surface area contributed by atoms with Crippen molar-refractivity contribution in [2.75, 3.05) is 6.54 Å². The van der Waals surface area contributed by atoms with E-state index in [-0.39, 0.29) is 5.56 Å². The molecule has 4 aromatic rings. The third-order valence-corrected chi connectivity index (χ3v) is 6.42. The minimum atomic E-state index is 0.0171. The molecule has 0 bridgehead atoms. The normalized spacial score (nSPS) is 13.8. The molecule has 0 aliphatic carbocycles. The van der Waals surface area contributed by atoms with Crippen LogP contribution in [-0.2, 0) is 19.5 Å². The molecule has 9 heteroatoms. The molecule has 1 aliphatic heterocycles. The van der Waals surface area contributed by atoms with Gasteiger partial charge in [0.05, 0.1) is 30.1 Å². The highest BCUT2D eigenvalue weighted by atomic mass is 32.1. The van der Waals surface area contributed by atoms with Crippen LogP contribution in [0.15, 0.2) is 35.1 Å². The van der Waals surface area contributed by atoms with Gasteiger partial charge in [-0.2, -0.15) is 0 Å². The molecule has 0 unspecified atom stereocenters. The maximum Gasteiger partial charge on any atom is 0.262 e. The van der Waals surface area contributed by atoms with E-state index in [4.69, 9.17) is 0 Å². The van der Waals surface area contributed by atoms with Gasteiger partial charge in [0.2, 0.25) is 0 Å². The molecule has 5 heterocycles. The lowest BCUT2D eigenvalue weighted by Gasteiger charge is -2.12. The van der Waals surface area contributed by atoms with E-state index in [9.17, 15) is 4.79 Å². The maximum atomic E-state index is 13.0. The van der Waals surface area contributed by atoms with Crippen LogP contribution in [0.5, 0.6) is 0 Å². The molecular formula is C17H14N6OS2. The Morgan fingerprint density at radius 2 is 2.23 bits per heavy atom. The van der Waals surface area contributed by atoms with Gasteiger partial charge in [-0.05, 0) is 18.5 Å². The van der Waals surface area contributed by atoms with Crippen LogP contribution in [0.4, 0.5) is 0 Å². The van der Waals surface area contributed by atoms with Gasteiger partial charge in [-0.3, -0.25) is 19.3 Å². The molecule has 0 aromatic carbocycles. The first-order chi connectivity index (χ1) is 12.8. The number of rotatable bonds is 3. The number of thiophene rings is 1. The predicted molar refractivity (Wildman–Crippen MR) is 102 cm³/mol. The van der Waals surface area contributed by atoms with Crippen LogP contribution in [0.2, 0.25) is 0 Å². The molecule has 0 saturated carbocycles. The van der Waals surface area contributed by atoms with E-state index < -0.39 is 0 Å². The van der Waals surface area contributed by atoms with Gasteiger partial charge in [-0.15, -0.1) is 22.7 Å². The van der Waals surface area contributed by atoms with Gasteiger partial charge in [-0.25, -0.2) is 9.97 Å². The minimum Gasteiger partial charge on any atom is -0.312 e. The Bertz CT molecular complexity index is 1150. The summed E-state index contributed by atoms with van der Waals surface area (Å²) in [6, 6.07) is 0. The summed E-state index contributed by atoms with van der Waals surface area (Å²) in [5, 5.41) is 6.88. The van der Waals surface area contributed by atoms with Gasteiger partial charge in [0.1, 0.15) is 15.5 Å². The zero-order chi connectivity index (χ0) is 17.5. The Balaban J connectivity index is 1.51. The van der Waals surface area contributed by atoms with Crippen molar-refractivity contribution in [2.24, 2.45) is 0 Å². The van der Waals surface area contributed by atoms with Crippen molar-refractivity contribution in [3.63, 3.8) is 0 Å². The molecule has 5 rings (SSSR count). The lowest BCUT2D eigenvalue weighted by Crippen LogP contribution is -2.25. The van der Waals surface area contributed by atoms with E-state index in [1.165, 1.54) is 16.2 Å². The molecular weight excluding hydrogens is 368 g/mol. The van der Waals surface area contributed by atoms with Gasteiger partial charge in [-0.1, -0.05) is 0 Å². The largest absolute Gasteiger partial charge is 0.312 e. The molecule has 0 fully saturated rings. The zero-order valence-corrected chi connectivity index (χ0v) is 15.3. The summed E-state index contributed by atoms with van der Waals surface area (Å²) in [6.45, 7) is 2.13. The third kappa shape index (κ3) is 2.64. The Morgan fingerprint density at radius 1 is 1.27 bits per heavy atom. The van der Waals surface area contributed by atoms with Crippen molar-refractivity contribution in [3.8, 4) is 10.7 Å². The summed E-state index contributed by atoms with van der Waals surface area (Å²) in [5.74, 6) is 0. The Kier molecular flexibility index (Phi) is 3.84. The van der Waals surface area contributed by atoms with Crippen molar-refractivity contribution >= 4 is 32.9 Å². The summed E-state index contributed by atoms with van der Waals surface area (Å²) >= 11 is 3.11. The third-order valence-electron chi connectivity index (χ3n) is 4.36. The number of fused-ring (bicyclic) bond motifs is 3. The molecule has 0 radical (unpaired) electrons. The van der Waals surface area contributed by atoms with Crippen LogP contribution in [0.25, 0.3) is 20.9 Å². The smallest absolute Gasteiger partial charge is 0.262 e. The number of aromatic nitrogens is 5. The molecule has 0 atom stereocenters. The van der Waals surface area contributed by atoms with Crippen molar-refractivity contribution in [1.82, 2.24) is 29.8 Å². The zero-order valence-electron chi connectivity index (χ0n) is 13.7. The molecule has 0 amide bonds. The molecule has 0 spiro atoms. The van der Waals surface area contributed by atoms with E-state index >= 15 is 0 Å². The molecule has 7 nitrogen and oxygen atoms in total. The van der Waals surface area contributed by atoms with Gasteiger partial charge >= 0.3 is 0 Å². The number of hydrogen-bond acceptors (Lipinski definition) is 8. The molecule has 26 heavy (non-hydrogen) atoms. The highest BCUT2D eigenvalue weighted by Gasteiger charge is 2.20. The summed E-state index contributed by atoms with van der Waals surface area (Å²) in [6.07, 6.45) is 7.47. The van der Waals surface area contributed by atoms with E-state index in [1.807, 2.05) is 5.38 Å². The van der Waals surface area contributed by atoms with Crippen LogP contribution in [0.3, 0.4) is 0 Å². The second-order valence-corrected chi connectivity index (χ2v) is 7.96. The summed E-state index contributed by atoms with van der Waals surface area (Å²) in [7, 11) is 0. The Morgan fingerprint density at radius 3 is 3.12 bits per heavy atom. The van der Waals surface area contributed by atoms with Crippen LogP contribution in [0, 0.1) is 0 Å². The first kappa shape index (κ1) is 15.7. The second kappa shape index (κ2) is 6.35. The van der Waals surface area contributed by atoms with Crippen LogP contribution in [0.1, 0.15) is 16.1 Å². The fraction of sp³-hybridized carbons (Fsp3) is 0.235. The maximum absolute atomic E-state index is 13.0. The van der Waals surface area contributed by atoms with Gasteiger partial charge in [0.15, 0.2) is 0 Å². The van der Waals surface area contributed by atoms with Gasteiger partial charge < -0.3 is 5.32 Å². The molecule has 1 N–H and O–H groups in total. The molecule has 4 aromatic heterocycles. The number of nitrogens with one attached hydrogen (secondary N) is 1. The SMILES string of the molecule is O=c1c2c3c(sc2ncn1Cc1csc(-c2cnccn2)n1)CNCC3. The fourth-order valence-electron chi connectivity index (χ4n) is 3.14. The van der Waals surface area contributed by atoms with Crippen LogP contribution < -0.4 is 10.9 Å². The van der Waals surface area contributed by atoms with Crippen LogP contribution in [-0.4, -0.2) is 31.0 Å². The Hall–Kier alpha value is -2.49. The highest BCUT2D eigenvalue weighted by Crippen LogP contribution is 2.29. The molecule has 130 valence electrons. The highest BCUT2D eigenvalue weighted by molar-refractivity contribution is 7.18. The lowest BCUT2D eigenvalue weighted by molar-refractivity contribution is 0.656. The molecule has 1 aliphatic rings. The minimum absolute atomic E-state index is 0.0171. The van der Waals surface area contributed by atoms with E-state index in [0.29, 0.717) is 6.54 Å². The monoisotopic (exact) mass is 382 g/mol. The Labute approximate surface area is 156 Å². The van der Waals surface area contributed by atoms with Crippen molar-refractivity contribution in [3.05, 3.63) is 56.8 Å². The quantitative estimate of drug-likeness (QED) is 0.584. The van der Waals surface area contributed by atoms with E-state index in [2.05, 4.69) is 25.3 Å². The van der Waals surface area contributed by atoms with Crippen molar-refractivity contribution in [2.45, 2.75) is 19.5 Å². The number of hydrogen-bond donors (Lipinski definition) is 1. The first-order valence-corrected chi connectivity index (χ1v) is 9.90. The molecule has 0 saturated heterocycles. The first-order valence-electron chi connectivity index (χ1n) is 8.21.